The predicted molar refractivity (Wildman–Crippen MR) is 50.0 cm³/mol. The van der Waals surface area contributed by atoms with E-state index in [0.29, 0.717) is 0 Å². The minimum absolute atomic E-state index is 0.744. The van der Waals surface area contributed by atoms with Gasteiger partial charge >= 0.3 is 7.69 Å². The lowest BCUT2D eigenvalue weighted by molar-refractivity contribution is 0.269. The van der Waals surface area contributed by atoms with Gasteiger partial charge in [0, 0.05) is 11.5 Å². The van der Waals surface area contributed by atoms with Crippen LogP contribution in [-0.2, 0) is 0 Å². The van der Waals surface area contributed by atoms with Crippen LogP contribution in [0.1, 0.15) is 23.5 Å². The summed E-state index contributed by atoms with van der Waals surface area (Å²) in [6.45, 7) is 0.908. The molecule has 1 aromatic carbocycles. The van der Waals surface area contributed by atoms with E-state index in [1.165, 1.54) is 17.5 Å². The minimum Gasteiger partial charge on any atom is -0.493 e. The number of ether oxygens (including phenoxy) is 1. The van der Waals surface area contributed by atoms with E-state index in [2.05, 4.69) is 18.2 Å². The second-order valence-electron chi connectivity index (χ2n) is 3.13. The van der Waals surface area contributed by atoms with E-state index >= 15 is 0 Å². The van der Waals surface area contributed by atoms with E-state index in [-0.39, 0.29) is 0 Å². The highest BCUT2D eigenvalue weighted by molar-refractivity contribution is 6.13. The first-order valence-corrected chi connectivity index (χ1v) is 4.35. The maximum Gasteiger partial charge on any atom is 0.432 e. The van der Waals surface area contributed by atoms with Gasteiger partial charge in [-0.15, -0.1) is 0 Å². The Morgan fingerprint density at radius 2 is 2.15 bits per heavy atom. The topological polar surface area (TPSA) is 49.7 Å². The van der Waals surface area contributed by atoms with E-state index in [9.17, 15) is 0 Å². The lowest BCUT2D eigenvalue weighted by atomic mass is 9.77. The van der Waals surface area contributed by atoms with Crippen molar-refractivity contribution in [2.45, 2.75) is 12.3 Å². The highest BCUT2D eigenvalue weighted by Crippen LogP contribution is 2.46. The molecule has 1 heterocycles. The zero-order valence-corrected chi connectivity index (χ0v) is 7.23. The molecule has 1 aliphatic heterocycles. The average Bonchev–Trinajstić information content (AvgIpc) is 2.12. The first kappa shape index (κ1) is 8.60. The van der Waals surface area contributed by atoms with Crippen LogP contribution >= 0.6 is 0 Å². The molecule has 2 aliphatic carbocycles. The molecule has 3 nitrogen and oxygen atoms in total. The van der Waals surface area contributed by atoms with Gasteiger partial charge in [0.2, 0.25) is 0 Å². The molecule has 0 aromatic heterocycles. The first-order chi connectivity index (χ1) is 6.36. The van der Waals surface area contributed by atoms with Gasteiger partial charge in [-0.1, -0.05) is 12.1 Å². The number of benzene rings is 1. The molecule has 68 valence electrons. The Morgan fingerprint density at radius 1 is 1.38 bits per heavy atom. The van der Waals surface area contributed by atoms with Crippen molar-refractivity contribution in [3.05, 3.63) is 29.3 Å². The maximum absolute atomic E-state index is 7.12. The fourth-order valence-corrected chi connectivity index (χ4v) is 1.88. The number of fused-ring (bicyclic) bond motifs is 1. The fraction of sp³-hybridized carbons (Fsp3) is 0.333. The van der Waals surface area contributed by atoms with Gasteiger partial charge < -0.3 is 14.8 Å². The molecule has 1 atom stereocenters. The quantitative estimate of drug-likeness (QED) is 0.556. The molecule has 0 saturated heterocycles. The molecule has 0 radical (unpaired) electrons. The van der Waals surface area contributed by atoms with E-state index in [0.717, 1.165) is 18.3 Å². The van der Waals surface area contributed by atoms with Gasteiger partial charge in [0.25, 0.3) is 0 Å². The molecule has 0 saturated carbocycles. The number of rotatable bonds is 0. The zero-order chi connectivity index (χ0) is 9.26. The smallest absolute Gasteiger partial charge is 0.432 e. The van der Waals surface area contributed by atoms with Crippen molar-refractivity contribution < 1.29 is 14.8 Å². The van der Waals surface area contributed by atoms with Crippen LogP contribution in [0.15, 0.2) is 18.2 Å². The van der Waals surface area contributed by atoms with Crippen LogP contribution in [-0.4, -0.2) is 24.3 Å². The summed E-state index contributed by atoms with van der Waals surface area (Å²) in [5, 5.41) is 14.2. The first-order valence-electron chi connectivity index (χ1n) is 4.35. The lowest BCUT2D eigenvalue weighted by Gasteiger charge is -2.34. The number of hydrogen-bond donors (Lipinski definition) is 2. The molecule has 13 heavy (non-hydrogen) atoms. The van der Waals surface area contributed by atoms with Crippen molar-refractivity contribution in [1.82, 2.24) is 0 Å². The second-order valence-corrected chi connectivity index (χ2v) is 3.13. The molecule has 1 aromatic rings. The summed E-state index contributed by atoms with van der Waals surface area (Å²) < 4.78 is 5.45. The monoisotopic (exact) mass is 178 g/mol. The van der Waals surface area contributed by atoms with E-state index in [1.807, 2.05) is 0 Å². The Morgan fingerprint density at radius 3 is 2.69 bits per heavy atom. The van der Waals surface area contributed by atoms with Crippen molar-refractivity contribution in [2.75, 3.05) is 6.61 Å². The molecule has 4 heteroatoms. The summed E-state index contributed by atoms with van der Waals surface area (Å²) in [6.07, 6.45) is 1.19. The molecule has 3 aliphatic rings. The highest BCUT2D eigenvalue weighted by atomic mass is 16.5. The van der Waals surface area contributed by atoms with Gasteiger partial charge in [0.05, 0.1) is 6.61 Å². The third-order valence-electron chi connectivity index (χ3n) is 2.48. The normalized spacial score (nSPS) is 20.3. The summed E-state index contributed by atoms with van der Waals surface area (Å²) in [5.41, 5.74) is 2.94. The number of hydrogen-bond acceptors (Lipinski definition) is 3. The van der Waals surface area contributed by atoms with Crippen LogP contribution < -0.4 is 4.74 Å². The highest BCUT2D eigenvalue weighted by Gasteiger charge is 2.30. The largest absolute Gasteiger partial charge is 0.493 e. The maximum atomic E-state index is 7.12. The van der Waals surface area contributed by atoms with Crippen LogP contribution in [0.5, 0.6) is 5.75 Å². The molecular formula is C9H11BO3. The molecule has 0 fully saturated rings. The molecule has 4 rings (SSSR count). The van der Waals surface area contributed by atoms with E-state index in [4.69, 9.17) is 14.8 Å². The van der Waals surface area contributed by atoms with E-state index < -0.39 is 7.69 Å². The van der Waals surface area contributed by atoms with E-state index in [1.54, 1.807) is 0 Å². The lowest BCUT2D eigenvalue weighted by Crippen LogP contribution is -2.21. The van der Waals surface area contributed by atoms with Crippen molar-refractivity contribution in [3.63, 3.8) is 0 Å². The molecular weight excluding hydrogens is 167 g/mol. The Kier molecular flexibility index (Phi) is 2.25. The Balaban J connectivity index is 0.000000196. The molecule has 2 N–H and O–H groups in total. The van der Waals surface area contributed by atoms with Crippen LogP contribution in [0.2, 0.25) is 0 Å². The standard InChI is InChI=1S/C9H8O.BH3O2/c1-2-9-8-5-6(1)7(8)3-4-10-9;2-1-3/h1-2,5,7H,3-4H2;1-3H. The summed E-state index contributed by atoms with van der Waals surface area (Å²) >= 11 is 0. The van der Waals surface area contributed by atoms with Crippen molar-refractivity contribution in [3.8, 4) is 5.75 Å². The molecule has 4 bridgehead atoms. The van der Waals surface area contributed by atoms with Crippen LogP contribution in [0.25, 0.3) is 0 Å². The summed E-state index contributed by atoms with van der Waals surface area (Å²) in [5.74, 6) is 1.86. The van der Waals surface area contributed by atoms with Gasteiger partial charge in [-0.2, -0.15) is 0 Å². The average molecular weight is 178 g/mol. The third-order valence-corrected chi connectivity index (χ3v) is 2.48. The van der Waals surface area contributed by atoms with Crippen molar-refractivity contribution in [2.24, 2.45) is 0 Å². The molecule has 0 spiro atoms. The van der Waals surface area contributed by atoms with Gasteiger partial charge in [-0.3, -0.25) is 0 Å². The molecule has 0 amide bonds. The summed E-state index contributed by atoms with van der Waals surface area (Å²) in [7, 11) is -0.750. The summed E-state index contributed by atoms with van der Waals surface area (Å²) in [6, 6.07) is 6.49. The second kappa shape index (κ2) is 3.40. The zero-order valence-electron chi connectivity index (χ0n) is 7.23. The Hall–Kier alpha value is -0.995. The Bertz CT molecular complexity index is 305. The SMILES string of the molecule is OBO.c1cc2c3cc1C3CCO2. The van der Waals surface area contributed by atoms with Crippen LogP contribution in [0, 0.1) is 0 Å². The summed E-state index contributed by atoms with van der Waals surface area (Å²) in [4.78, 5) is 0. The van der Waals surface area contributed by atoms with Gasteiger partial charge in [0.1, 0.15) is 5.75 Å². The molecule has 1 unspecified atom stereocenters. The van der Waals surface area contributed by atoms with Crippen LogP contribution in [0.3, 0.4) is 0 Å². The fourth-order valence-electron chi connectivity index (χ4n) is 1.88. The van der Waals surface area contributed by atoms with Gasteiger partial charge in [0.15, 0.2) is 0 Å². The van der Waals surface area contributed by atoms with Gasteiger partial charge in [-0.05, 0) is 18.1 Å². The van der Waals surface area contributed by atoms with Crippen molar-refractivity contribution in [1.29, 1.82) is 0 Å². The predicted octanol–water partition coefficient (Wildman–Crippen LogP) is 0.152. The van der Waals surface area contributed by atoms with Crippen LogP contribution in [0.4, 0.5) is 0 Å². The van der Waals surface area contributed by atoms with Crippen molar-refractivity contribution >= 4 is 7.69 Å². The third kappa shape index (κ3) is 1.32. The Labute approximate surface area is 77.3 Å². The van der Waals surface area contributed by atoms with Gasteiger partial charge in [-0.25, -0.2) is 0 Å². The minimum atomic E-state index is -0.750.